The Labute approximate surface area is 841 Å². The van der Waals surface area contributed by atoms with Crippen molar-refractivity contribution in [3.63, 3.8) is 0 Å². The van der Waals surface area contributed by atoms with Gasteiger partial charge in [0.15, 0.2) is 11.5 Å². The molecule has 0 aliphatic rings. The number of esters is 9. The van der Waals surface area contributed by atoms with Crippen LogP contribution < -0.4 is 23.7 Å². The highest BCUT2D eigenvalue weighted by Crippen LogP contribution is 2.41. The predicted octanol–water partition coefficient (Wildman–Crippen LogP) is 6.52. The third-order valence-corrected chi connectivity index (χ3v) is 22.2. The lowest BCUT2D eigenvalue weighted by atomic mass is 9.81. The molecule has 143 heavy (non-hydrogen) atoms. The van der Waals surface area contributed by atoms with Crippen LogP contribution in [0.4, 0.5) is 48.3 Å². The Morgan fingerprint density at radius 2 is 0.552 bits per heavy atom. The molecule has 0 aromatic heterocycles. The summed E-state index contributed by atoms with van der Waals surface area (Å²) >= 11 is 0. The molecule has 8 aromatic carbocycles. The SMILES string of the molecule is [B]Cc1cc(C[B])c(C[B])c(C(=O)OCCCC(=O)OC(C(C)(F)F)C(F)(F)F)c1.[B]Cc1cc(C[B])c(C[B])c(C(=O)Oc2cc(OC(=O)c3cc(C[B])cc(C[B])c3C[B])c(C(=O)OC(CS(=O)(=O)[O-])C(F)(F)F)c(OC(=O)c3cc(C[B])cc(C[B])c3C[B])c2)c1.[B]Cc1cc(C[B])c(C[B])c(C(=O)Oc2cc(OC(=O)c3cc(C[B])cc(C[B])c3C[B])cc(C(=O)OC(CS(=O)(=O)[O-])C(F)(F)F)c2)c1. The first-order valence-corrected chi connectivity index (χ1v) is 45.4. The van der Waals surface area contributed by atoms with Crippen LogP contribution in [0.3, 0.4) is 0 Å². The molecule has 36 radical (unpaired) electrons. The minimum Gasteiger partial charge on any atom is -0.748 e. The van der Waals surface area contributed by atoms with Crippen LogP contribution >= 0.6 is 0 Å². The first kappa shape index (κ1) is 121. The fraction of sp³-hybridized carbons (Fsp3) is 0.352. The molecule has 0 fully saturated rings. The van der Waals surface area contributed by atoms with E-state index in [1.165, 1.54) is 36.4 Å². The molecule has 0 N–H and O–H groups in total. The van der Waals surface area contributed by atoms with Gasteiger partial charge in [0.05, 0.1) is 219 Å². The molecule has 0 saturated heterocycles. The molecule has 0 aliphatic carbocycles. The van der Waals surface area contributed by atoms with E-state index in [0.29, 0.717) is 95.6 Å². The molecule has 24 nitrogen and oxygen atoms in total. The molecule has 0 heterocycles. The van der Waals surface area contributed by atoms with Crippen molar-refractivity contribution in [1.29, 1.82) is 0 Å². The molecule has 710 valence electrons. The fourth-order valence-electron chi connectivity index (χ4n) is 14.0. The van der Waals surface area contributed by atoms with E-state index in [9.17, 15) is 117 Å². The van der Waals surface area contributed by atoms with E-state index in [4.69, 9.17) is 170 Å². The van der Waals surface area contributed by atoms with Crippen LogP contribution in [0.2, 0.25) is 0 Å². The summed E-state index contributed by atoms with van der Waals surface area (Å²) in [6.45, 7) is -0.359. The molecule has 3 atom stereocenters. The predicted molar refractivity (Wildman–Crippen MR) is 512 cm³/mol. The summed E-state index contributed by atoms with van der Waals surface area (Å²) in [6.07, 6.45) is -29.7. The number of carbonyl (C=O) groups is 9. The Balaban J connectivity index is 0.000000350. The number of carbonyl (C=O) groups excluding carboxylic acids is 9. The quantitative estimate of drug-likeness (QED) is 0.00746. The molecule has 8 aromatic rings. The van der Waals surface area contributed by atoms with Gasteiger partial charge >= 0.3 is 72.3 Å². The van der Waals surface area contributed by atoms with Crippen LogP contribution in [0.1, 0.15) is 203 Å². The van der Waals surface area contributed by atoms with Gasteiger partial charge in [0.1, 0.15) is 22.8 Å². The highest BCUT2D eigenvalue weighted by molar-refractivity contribution is 7.86. The second kappa shape index (κ2) is 53.9. The standard InChI is InChI=1S/C40H30B9F3O11S.C30H23B6F3O9S.C18H18B3F5O4/c41-9-19-1-22(12-44)29(15-47)26(4-19)36(53)60-25-7-32(61-37(54)27-5-20(10-42)2-23(13-45)30(27)16-48)35(39(56)63-34(40(50,51)52)18-64(57,58)59)33(8-25)62-38(55)28-6-21(11-43)3-24(14-46)31(28)17-49;31-8-15-1-18(10-33)24(12-35)22(3-15)28(41)46-20-5-17(27(40)48-26(30(37,38)39)14-49(43,44)45)6-21(7-20)47-29(42)23-4-16(9-32)2-19(11-34)25(23)13-36;1-17(22,23)16(18(24,25)26)30-14(27)3-2-4-29-15(28)12-6-10(7-19)5-11(8-20)13(12)9-21/h1-8,34H,9-18H2,(H,57,58,59);1-7,26H,8-14H2,(H,43,44,45);5-6,16H,2-4,7-9H2,1H3/p-2. The molecule has 8 rings (SSSR count). The number of alkyl halides is 11. The average molecular weight is 1980 g/mol. The van der Waals surface area contributed by atoms with Crippen molar-refractivity contribution in [1.82, 2.24) is 0 Å². The van der Waals surface area contributed by atoms with E-state index in [0.717, 1.165) is 18.2 Å². The zero-order valence-electron chi connectivity index (χ0n) is 76.0. The van der Waals surface area contributed by atoms with Crippen LogP contribution in [0, 0.1) is 0 Å². The van der Waals surface area contributed by atoms with Crippen molar-refractivity contribution < 1.29 is 160 Å². The summed E-state index contributed by atoms with van der Waals surface area (Å²) in [6, 6.07) is 21.7. The Morgan fingerprint density at radius 1 is 0.301 bits per heavy atom. The Hall–Kier alpha value is -10.8. The fourth-order valence-corrected chi connectivity index (χ4v) is 15.2. The molecule has 3 unspecified atom stereocenters. The minimum atomic E-state index is -5.73. The van der Waals surface area contributed by atoms with Gasteiger partial charge in [0.2, 0.25) is 12.2 Å². The number of hydrogen-bond acceptors (Lipinski definition) is 24. The Kier molecular flexibility index (Phi) is 45.5. The summed E-state index contributed by atoms with van der Waals surface area (Å²) in [5.41, 5.74) is 4.01. The molecule has 0 aliphatic heterocycles. The van der Waals surface area contributed by atoms with Gasteiger partial charge in [0.25, 0.3) is 12.0 Å². The third-order valence-electron chi connectivity index (χ3n) is 20.8. The maximum atomic E-state index is 14.2. The Morgan fingerprint density at radius 3 is 0.783 bits per heavy atom. The number of halogens is 11. The van der Waals surface area contributed by atoms with E-state index in [-0.39, 0.29) is 184 Å². The van der Waals surface area contributed by atoms with Gasteiger partial charge in [-0.3, -0.25) is 4.79 Å². The van der Waals surface area contributed by atoms with Crippen LogP contribution in [0.5, 0.6) is 28.7 Å². The second-order valence-electron chi connectivity index (χ2n) is 30.7. The van der Waals surface area contributed by atoms with E-state index in [1.807, 2.05) is 0 Å². The number of rotatable bonds is 43. The van der Waals surface area contributed by atoms with Gasteiger partial charge in [-0.2, -0.15) is 39.5 Å². The van der Waals surface area contributed by atoms with E-state index < -0.39 is 175 Å². The van der Waals surface area contributed by atoms with Crippen LogP contribution in [-0.4, -0.2) is 282 Å². The second-order valence-corrected chi connectivity index (χ2v) is 33.6. The van der Waals surface area contributed by atoms with Crippen molar-refractivity contribution in [3.05, 3.63) is 248 Å². The van der Waals surface area contributed by atoms with Crippen LogP contribution in [-0.2, 0) is 158 Å². The lowest BCUT2D eigenvalue weighted by Gasteiger charge is -2.25. The highest BCUT2D eigenvalue weighted by Gasteiger charge is 2.56. The Bertz CT molecular complexity index is 6010. The highest BCUT2D eigenvalue weighted by atomic mass is 32.2. The van der Waals surface area contributed by atoms with Crippen molar-refractivity contribution in [2.24, 2.45) is 0 Å². The summed E-state index contributed by atoms with van der Waals surface area (Å²) in [5.74, 6) is -24.8. The normalized spacial score (nSPS) is 12.3. The van der Waals surface area contributed by atoms with Crippen LogP contribution in [0.25, 0.3) is 0 Å². The smallest absolute Gasteiger partial charge is 0.431 e. The average Bonchev–Trinajstić information content (AvgIpc) is 0.768. The molecular formula is C88H69B18F11O24S2-2. The summed E-state index contributed by atoms with van der Waals surface area (Å²) < 4.78 is 260. The molecule has 55 heteroatoms. The zero-order valence-corrected chi connectivity index (χ0v) is 77.6. The van der Waals surface area contributed by atoms with E-state index in [1.54, 1.807) is 36.4 Å². The maximum absolute atomic E-state index is 14.2. The largest absolute Gasteiger partial charge is 0.748 e. The van der Waals surface area contributed by atoms with Crippen LogP contribution in [0.15, 0.2) is 103 Å². The van der Waals surface area contributed by atoms with Gasteiger partial charge in [-0.05, 0) is 88.3 Å². The van der Waals surface area contributed by atoms with E-state index >= 15 is 0 Å². The van der Waals surface area contributed by atoms with Crippen molar-refractivity contribution >= 4 is 215 Å². The van der Waals surface area contributed by atoms with Gasteiger partial charge in [-0.1, -0.05) is 217 Å². The molecule has 0 amide bonds. The molecule has 0 saturated carbocycles. The van der Waals surface area contributed by atoms with Gasteiger partial charge in [-0.25, -0.2) is 64.0 Å². The van der Waals surface area contributed by atoms with E-state index in [2.05, 4.69) is 14.2 Å². The van der Waals surface area contributed by atoms with Gasteiger partial charge in [-0.15, -0.1) is 0 Å². The molecular weight excluding hydrogens is 1910 g/mol. The van der Waals surface area contributed by atoms with Crippen molar-refractivity contribution in [2.45, 2.75) is 176 Å². The summed E-state index contributed by atoms with van der Waals surface area (Å²) in [4.78, 5) is 120. The van der Waals surface area contributed by atoms with Gasteiger partial charge < -0.3 is 51.7 Å². The number of benzene rings is 8. The number of hydrogen-bond donors (Lipinski definition) is 0. The lowest BCUT2D eigenvalue weighted by Crippen LogP contribution is -2.46. The first-order chi connectivity index (χ1) is 67.0. The summed E-state index contributed by atoms with van der Waals surface area (Å²) in [7, 11) is 93.5. The molecule has 0 spiro atoms. The topological polar surface area (TPSA) is 351 Å². The summed E-state index contributed by atoms with van der Waals surface area (Å²) in [5, 5.41) is 0. The molecule has 0 bridgehead atoms. The first-order valence-electron chi connectivity index (χ1n) is 42.2. The maximum Gasteiger partial charge on any atom is 0.431 e. The van der Waals surface area contributed by atoms with Gasteiger partial charge in [0, 0.05) is 31.5 Å². The monoisotopic (exact) mass is 1980 g/mol. The zero-order chi connectivity index (χ0) is 107. The van der Waals surface area contributed by atoms with Crippen molar-refractivity contribution in [3.8, 4) is 28.7 Å². The third kappa shape index (κ3) is 33.9. The number of ether oxygens (including phenoxy) is 9. The van der Waals surface area contributed by atoms with Crippen molar-refractivity contribution in [2.75, 3.05) is 18.1 Å². The minimum absolute atomic E-state index is 0.000301. The lowest BCUT2D eigenvalue weighted by molar-refractivity contribution is -0.273.